The second-order valence-electron chi connectivity index (χ2n) is 4.14. The van der Waals surface area contributed by atoms with Crippen molar-refractivity contribution in [2.45, 2.75) is 38.9 Å². The van der Waals surface area contributed by atoms with E-state index in [1.54, 1.807) is 20.8 Å². The summed E-state index contributed by atoms with van der Waals surface area (Å²) in [6, 6.07) is 0. The largest absolute Gasteiger partial charge is 0.477 e. The summed E-state index contributed by atoms with van der Waals surface area (Å²) in [7, 11) is 0. The van der Waals surface area contributed by atoms with Gasteiger partial charge in [0, 0.05) is 13.0 Å². The smallest absolute Gasteiger partial charge is 0.353 e. The Labute approximate surface area is 88.7 Å². The van der Waals surface area contributed by atoms with Gasteiger partial charge < -0.3 is 20.8 Å². The highest BCUT2D eigenvalue weighted by Crippen LogP contribution is 2.08. The van der Waals surface area contributed by atoms with Crippen molar-refractivity contribution in [1.29, 1.82) is 0 Å². The molecule has 0 spiro atoms. The molecule has 0 radical (unpaired) electrons. The molecule has 0 amide bonds. The van der Waals surface area contributed by atoms with Crippen molar-refractivity contribution in [3.05, 3.63) is 0 Å². The Morgan fingerprint density at radius 2 is 2.07 bits per heavy atom. The molecule has 0 aromatic heterocycles. The van der Waals surface area contributed by atoms with E-state index < -0.39 is 17.7 Å². The Balaban J connectivity index is 4.46. The molecular formula is C9H18N2O4. The average Bonchev–Trinajstić information content (AvgIpc) is 2.09. The van der Waals surface area contributed by atoms with Crippen molar-refractivity contribution < 1.29 is 19.8 Å². The zero-order valence-electron chi connectivity index (χ0n) is 9.23. The molecule has 0 unspecified atom stereocenters. The molecule has 0 bridgehead atoms. The summed E-state index contributed by atoms with van der Waals surface area (Å²) in [6.45, 7) is 5.22. The van der Waals surface area contributed by atoms with Crippen LogP contribution in [0.15, 0.2) is 5.16 Å². The van der Waals surface area contributed by atoms with Gasteiger partial charge in [-0.05, 0) is 20.8 Å². The third-order valence-electron chi connectivity index (χ3n) is 1.38. The lowest BCUT2D eigenvalue weighted by atomic mass is 10.2. The first kappa shape index (κ1) is 13.9. The molecule has 0 aliphatic heterocycles. The number of rotatable bonds is 5. The number of aliphatic carboxylic acids is 1. The van der Waals surface area contributed by atoms with Gasteiger partial charge in [-0.2, -0.15) is 0 Å². The zero-order chi connectivity index (χ0) is 12.1. The quantitative estimate of drug-likeness (QED) is 0.443. The van der Waals surface area contributed by atoms with Crippen LogP contribution in [0.1, 0.15) is 27.2 Å². The normalized spacial score (nSPS) is 14.9. The number of aliphatic hydroxyl groups excluding tert-OH is 1. The number of carbonyl (C=O) groups is 1. The SMILES string of the molecule is CC(C)(C)O/N=C(/C[C@H](O)CN)C(=O)O. The minimum atomic E-state index is -1.22. The second kappa shape index (κ2) is 5.67. The number of nitrogens with two attached hydrogens (primary N) is 1. The summed E-state index contributed by atoms with van der Waals surface area (Å²) in [4.78, 5) is 15.7. The maximum atomic E-state index is 10.7. The summed E-state index contributed by atoms with van der Waals surface area (Å²) in [6.07, 6.45) is -1.04. The van der Waals surface area contributed by atoms with Crippen LogP contribution in [-0.4, -0.2) is 40.1 Å². The molecule has 6 nitrogen and oxygen atoms in total. The fourth-order valence-corrected chi connectivity index (χ4v) is 0.662. The number of aliphatic hydroxyl groups is 1. The van der Waals surface area contributed by atoms with E-state index in [2.05, 4.69) is 5.16 Å². The molecule has 4 N–H and O–H groups in total. The van der Waals surface area contributed by atoms with E-state index in [9.17, 15) is 9.90 Å². The van der Waals surface area contributed by atoms with Gasteiger partial charge in [0.1, 0.15) is 5.60 Å². The van der Waals surface area contributed by atoms with E-state index in [1.807, 2.05) is 0 Å². The van der Waals surface area contributed by atoms with E-state index >= 15 is 0 Å². The summed E-state index contributed by atoms with van der Waals surface area (Å²) in [5, 5.41) is 21.4. The highest BCUT2D eigenvalue weighted by Gasteiger charge is 2.17. The van der Waals surface area contributed by atoms with Gasteiger partial charge in [0.25, 0.3) is 0 Å². The van der Waals surface area contributed by atoms with Gasteiger partial charge in [-0.25, -0.2) is 4.79 Å². The molecule has 0 rings (SSSR count). The van der Waals surface area contributed by atoms with Crippen LogP contribution in [0.2, 0.25) is 0 Å². The standard InChI is InChI=1S/C9H18N2O4/c1-9(2,3)15-11-7(8(13)14)4-6(12)5-10/h6,12H,4-5,10H2,1-3H3,(H,13,14)/b11-7-/t6-/m0/s1. The number of carboxylic acids is 1. The molecule has 0 heterocycles. The van der Waals surface area contributed by atoms with Crippen molar-refractivity contribution in [1.82, 2.24) is 0 Å². The number of hydrogen-bond donors (Lipinski definition) is 3. The topological polar surface area (TPSA) is 105 Å². The van der Waals surface area contributed by atoms with Crippen molar-refractivity contribution in [2.24, 2.45) is 10.9 Å². The molecular weight excluding hydrogens is 200 g/mol. The first-order chi connectivity index (χ1) is 6.76. The molecule has 0 saturated carbocycles. The van der Waals surface area contributed by atoms with Gasteiger partial charge in [-0.3, -0.25) is 0 Å². The van der Waals surface area contributed by atoms with Crippen LogP contribution < -0.4 is 5.73 Å². The first-order valence-electron chi connectivity index (χ1n) is 4.62. The zero-order valence-corrected chi connectivity index (χ0v) is 9.23. The molecule has 0 fully saturated rings. The molecule has 15 heavy (non-hydrogen) atoms. The van der Waals surface area contributed by atoms with E-state index in [-0.39, 0.29) is 18.7 Å². The van der Waals surface area contributed by atoms with Gasteiger partial charge in [0.2, 0.25) is 0 Å². The Kier molecular flexibility index (Phi) is 5.24. The molecule has 0 saturated heterocycles. The minimum absolute atomic E-state index is 0.0121. The van der Waals surface area contributed by atoms with Crippen molar-refractivity contribution in [3.8, 4) is 0 Å². The van der Waals surface area contributed by atoms with Crippen LogP contribution in [-0.2, 0) is 9.63 Å². The Hall–Kier alpha value is -1.14. The van der Waals surface area contributed by atoms with Crippen molar-refractivity contribution >= 4 is 11.7 Å². The third-order valence-corrected chi connectivity index (χ3v) is 1.38. The van der Waals surface area contributed by atoms with E-state index in [0.717, 1.165) is 0 Å². The van der Waals surface area contributed by atoms with Gasteiger partial charge in [0.15, 0.2) is 5.71 Å². The Morgan fingerprint density at radius 1 is 1.53 bits per heavy atom. The minimum Gasteiger partial charge on any atom is -0.477 e. The van der Waals surface area contributed by atoms with Crippen LogP contribution in [0, 0.1) is 0 Å². The van der Waals surface area contributed by atoms with Gasteiger partial charge in [-0.1, -0.05) is 5.16 Å². The predicted octanol–water partition coefficient (Wildman–Crippen LogP) is -0.0482. The molecule has 0 aliphatic carbocycles. The predicted molar refractivity (Wildman–Crippen MR) is 55.6 cm³/mol. The second-order valence-corrected chi connectivity index (χ2v) is 4.14. The lowest BCUT2D eigenvalue weighted by Crippen LogP contribution is -2.28. The summed E-state index contributed by atoms with van der Waals surface area (Å²) >= 11 is 0. The number of nitrogens with zero attached hydrogens (tertiary/aromatic N) is 1. The first-order valence-corrected chi connectivity index (χ1v) is 4.62. The number of hydrogen-bond acceptors (Lipinski definition) is 5. The summed E-state index contributed by atoms with van der Waals surface area (Å²) in [5.74, 6) is -1.22. The third kappa shape index (κ3) is 6.87. The Morgan fingerprint density at radius 3 is 2.40 bits per heavy atom. The fourth-order valence-electron chi connectivity index (χ4n) is 0.662. The number of oxime groups is 1. The summed E-state index contributed by atoms with van der Waals surface area (Å²) in [5.41, 5.74) is 4.37. The lowest BCUT2D eigenvalue weighted by Gasteiger charge is -2.16. The molecule has 6 heteroatoms. The van der Waals surface area contributed by atoms with Gasteiger partial charge in [0.05, 0.1) is 6.10 Å². The maximum Gasteiger partial charge on any atom is 0.353 e. The van der Waals surface area contributed by atoms with Crippen LogP contribution in [0.3, 0.4) is 0 Å². The van der Waals surface area contributed by atoms with E-state index in [1.165, 1.54) is 0 Å². The lowest BCUT2D eigenvalue weighted by molar-refractivity contribution is -0.130. The Bertz CT molecular complexity index is 245. The van der Waals surface area contributed by atoms with Crippen LogP contribution in [0.4, 0.5) is 0 Å². The monoisotopic (exact) mass is 218 g/mol. The molecule has 88 valence electrons. The van der Waals surface area contributed by atoms with E-state index in [4.69, 9.17) is 15.7 Å². The highest BCUT2D eigenvalue weighted by atomic mass is 16.6. The summed E-state index contributed by atoms with van der Waals surface area (Å²) < 4.78 is 0. The van der Waals surface area contributed by atoms with Crippen molar-refractivity contribution in [2.75, 3.05) is 6.54 Å². The van der Waals surface area contributed by atoms with Crippen molar-refractivity contribution in [3.63, 3.8) is 0 Å². The molecule has 0 aliphatic rings. The van der Waals surface area contributed by atoms with Crippen LogP contribution in [0.5, 0.6) is 0 Å². The molecule has 1 atom stereocenters. The molecule has 0 aromatic carbocycles. The van der Waals surface area contributed by atoms with Crippen LogP contribution in [0.25, 0.3) is 0 Å². The fraction of sp³-hybridized carbons (Fsp3) is 0.778. The van der Waals surface area contributed by atoms with Gasteiger partial charge >= 0.3 is 5.97 Å². The van der Waals surface area contributed by atoms with E-state index in [0.29, 0.717) is 0 Å². The molecule has 0 aromatic rings. The van der Waals surface area contributed by atoms with Crippen LogP contribution >= 0.6 is 0 Å². The highest BCUT2D eigenvalue weighted by molar-refractivity contribution is 6.35. The van der Waals surface area contributed by atoms with Gasteiger partial charge in [-0.15, -0.1) is 0 Å². The maximum absolute atomic E-state index is 10.7. The average molecular weight is 218 g/mol. The number of carboxylic acid groups (broad SMARTS) is 1.